The summed E-state index contributed by atoms with van der Waals surface area (Å²) in [4.78, 5) is 36.6. The van der Waals surface area contributed by atoms with E-state index < -0.39 is 17.8 Å². The topological polar surface area (TPSA) is 77.9 Å². The molecule has 6 nitrogen and oxygen atoms in total. The van der Waals surface area contributed by atoms with Gasteiger partial charge in [-0.25, -0.2) is 0 Å². The van der Waals surface area contributed by atoms with Crippen LogP contribution >= 0.6 is 0 Å². The van der Waals surface area contributed by atoms with Gasteiger partial charge < -0.3 is 14.9 Å². The van der Waals surface area contributed by atoms with E-state index in [1.54, 1.807) is 4.90 Å². The van der Waals surface area contributed by atoms with Gasteiger partial charge in [-0.1, -0.05) is 0 Å². The first-order chi connectivity index (χ1) is 7.59. The highest BCUT2D eigenvalue weighted by molar-refractivity contribution is 6.35. The molecule has 2 amide bonds. The fourth-order valence-corrected chi connectivity index (χ4v) is 1.87. The van der Waals surface area contributed by atoms with Gasteiger partial charge >= 0.3 is 17.8 Å². The molecular formula is C10H14N2O4. The molecule has 88 valence electrons. The monoisotopic (exact) mass is 226 g/mol. The molecule has 0 unspecified atom stereocenters. The van der Waals surface area contributed by atoms with E-state index in [1.807, 2.05) is 0 Å². The fourth-order valence-electron chi connectivity index (χ4n) is 1.87. The summed E-state index contributed by atoms with van der Waals surface area (Å²) in [6.07, 6.45) is 1.85. The average molecular weight is 226 g/mol. The molecule has 0 spiro atoms. The summed E-state index contributed by atoms with van der Waals surface area (Å²) in [6.45, 7) is 1.11. The van der Waals surface area contributed by atoms with Gasteiger partial charge in [0.1, 0.15) is 0 Å². The van der Waals surface area contributed by atoms with Crippen molar-refractivity contribution in [2.75, 3.05) is 19.6 Å². The van der Waals surface area contributed by atoms with E-state index in [2.05, 4.69) is 0 Å². The van der Waals surface area contributed by atoms with Crippen molar-refractivity contribution in [1.82, 2.24) is 9.80 Å². The lowest BCUT2D eigenvalue weighted by atomic mass is 10.2. The zero-order valence-corrected chi connectivity index (χ0v) is 8.89. The van der Waals surface area contributed by atoms with Crippen LogP contribution in [0.3, 0.4) is 0 Å². The molecule has 1 aliphatic heterocycles. The largest absolute Gasteiger partial charge is 0.481 e. The maximum Gasteiger partial charge on any atom is 0.312 e. The van der Waals surface area contributed by atoms with Crippen molar-refractivity contribution in [2.45, 2.75) is 25.3 Å². The molecule has 2 rings (SSSR count). The molecule has 1 aliphatic carbocycles. The minimum Gasteiger partial charge on any atom is -0.481 e. The minimum absolute atomic E-state index is 0.109. The van der Waals surface area contributed by atoms with Crippen molar-refractivity contribution in [3.63, 3.8) is 0 Å². The number of carboxylic acid groups (broad SMARTS) is 1. The normalized spacial score (nSPS) is 21.5. The van der Waals surface area contributed by atoms with Gasteiger partial charge in [-0.15, -0.1) is 0 Å². The molecule has 1 saturated heterocycles. The van der Waals surface area contributed by atoms with E-state index in [0.717, 1.165) is 12.8 Å². The van der Waals surface area contributed by atoms with E-state index in [-0.39, 0.29) is 19.0 Å². The second-order valence-corrected chi connectivity index (χ2v) is 4.17. The van der Waals surface area contributed by atoms with E-state index in [0.29, 0.717) is 13.1 Å². The van der Waals surface area contributed by atoms with Gasteiger partial charge in [0.2, 0.25) is 0 Å². The number of carboxylic acids is 1. The van der Waals surface area contributed by atoms with Crippen LogP contribution in [0.5, 0.6) is 0 Å². The van der Waals surface area contributed by atoms with Crippen molar-refractivity contribution >= 4 is 17.8 Å². The number of aliphatic carboxylic acids is 1. The van der Waals surface area contributed by atoms with Crippen LogP contribution in [0.2, 0.25) is 0 Å². The minimum atomic E-state index is -0.954. The molecular weight excluding hydrogens is 212 g/mol. The van der Waals surface area contributed by atoms with E-state index in [9.17, 15) is 14.4 Å². The summed E-state index contributed by atoms with van der Waals surface area (Å²) in [5, 5.41) is 8.51. The number of hydrogen-bond donors (Lipinski definition) is 1. The van der Waals surface area contributed by atoms with Gasteiger partial charge in [-0.2, -0.15) is 0 Å². The number of piperazine rings is 1. The summed E-state index contributed by atoms with van der Waals surface area (Å²) in [7, 11) is 0. The molecule has 1 N–H and O–H groups in total. The molecule has 0 aromatic carbocycles. The van der Waals surface area contributed by atoms with Crippen LogP contribution in [0.25, 0.3) is 0 Å². The molecule has 0 aromatic heterocycles. The number of rotatable bonds is 4. The van der Waals surface area contributed by atoms with Gasteiger partial charge in [0.25, 0.3) is 0 Å². The first-order valence-electron chi connectivity index (χ1n) is 5.41. The molecule has 16 heavy (non-hydrogen) atoms. The average Bonchev–Trinajstić information content (AvgIpc) is 3.04. The Bertz CT molecular complexity index is 338. The summed E-state index contributed by atoms with van der Waals surface area (Å²) < 4.78 is 0. The Hall–Kier alpha value is -1.59. The molecule has 0 bridgehead atoms. The number of carbonyl (C=O) groups is 3. The highest BCUT2D eigenvalue weighted by Crippen LogP contribution is 2.28. The first kappa shape index (κ1) is 10.9. The second kappa shape index (κ2) is 4.11. The first-order valence-corrected chi connectivity index (χ1v) is 5.41. The van der Waals surface area contributed by atoms with Gasteiger partial charge in [0.05, 0.1) is 6.42 Å². The quantitative estimate of drug-likeness (QED) is 0.643. The van der Waals surface area contributed by atoms with E-state index >= 15 is 0 Å². The number of hydrogen-bond acceptors (Lipinski definition) is 3. The van der Waals surface area contributed by atoms with Crippen LogP contribution < -0.4 is 0 Å². The van der Waals surface area contributed by atoms with Crippen LogP contribution in [0.4, 0.5) is 0 Å². The molecule has 2 fully saturated rings. The van der Waals surface area contributed by atoms with E-state index in [1.165, 1.54) is 4.90 Å². The Labute approximate surface area is 92.8 Å². The Balaban J connectivity index is 1.91. The predicted octanol–water partition coefficient (Wildman–Crippen LogP) is -0.706. The van der Waals surface area contributed by atoms with Gasteiger partial charge in [0, 0.05) is 25.7 Å². The number of nitrogens with zero attached hydrogens (tertiary/aromatic N) is 2. The maximum absolute atomic E-state index is 11.6. The smallest absolute Gasteiger partial charge is 0.312 e. The Morgan fingerprint density at radius 1 is 1.25 bits per heavy atom. The van der Waals surface area contributed by atoms with Gasteiger partial charge in [-0.05, 0) is 12.8 Å². The molecule has 1 heterocycles. The predicted molar refractivity (Wildman–Crippen MR) is 53.6 cm³/mol. The lowest BCUT2D eigenvalue weighted by Gasteiger charge is -2.33. The zero-order valence-electron chi connectivity index (χ0n) is 8.89. The molecule has 1 saturated carbocycles. The third-order valence-electron chi connectivity index (χ3n) is 2.93. The van der Waals surface area contributed by atoms with Gasteiger partial charge in [0.15, 0.2) is 0 Å². The van der Waals surface area contributed by atoms with Crippen molar-refractivity contribution in [2.24, 2.45) is 0 Å². The Morgan fingerprint density at radius 2 is 1.94 bits per heavy atom. The number of amides is 2. The molecule has 2 aliphatic rings. The fraction of sp³-hybridized carbons (Fsp3) is 0.700. The van der Waals surface area contributed by atoms with Crippen LogP contribution in [0.15, 0.2) is 0 Å². The molecule has 0 atom stereocenters. The van der Waals surface area contributed by atoms with Crippen LogP contribution in [0.1, 0.15) is 19.3 Å². The third kappa shape index (κ3) is 2.15. The van der Waals surface area contributed by atoms with Crippen molar-refractivity contribution in [3.05, 3.63) is 0 Å². The summed E-state index contributed by atoms with van der Waals surface area (Å²) in [6, 6.07) is 0.248. The highest BCUT2D eigenvalue weighted by Gasteiger charge is 2.40. The van der Waals surface area contributed by atoms with Gasteiger partial charge in [-0.3, -0.25) is 14.4 Å². The Kier molecular flexibility index (Phi) is 2.80. The molecule has 6 heteroatoms. The standard InChI is InChI=1S/C10H14N2O4/c13-8(14)3-4-11-5-6-12(7-1-2-7)10(16)9(11)15/h7H,1-6H2,(H,13,14). The summed E-state index contributed by atoms with van der Waals surface area (Å²) >= 11 is 0. The van der Waals surface area contributed by atoms with Crippen molar-refractivity contribution in [3.8, 4) is 0 Å². The number of carbonyl (C=O) groups excluding carboxylic acids is 2. The Morgan fingerprint density at radius 3 is 2.50 bits per heavy atom. The van der Waals surface area contributed by atoms with E-state index in [4.69, 9.17) is 5.11 Å². The van der Waals surface area contributed by atoms with Crippen molar-refractivity contribution < 1.29 is 19.5 Å². The third-order valence-corrected chi connectivity index (χ3v) is 2.93. The second-order valence-electron chi connectivity index (χ2n) is 4.17. The van der Waals surface area contributed by atoms with Crippen molar-refractivity contribution in [1.29, 1.82) is 0 Å². The lowest BCUT2D eigenvalue weighted by Crippen LogP contribution is -2.55. The lowest BCUT2D eigenvalue weighted by molar-refractivity contribution is -0.157. The highest BCUT2D eigenvalue weighted by atomic mass is 16.4. The van der Waals surface area contributed by atoms with Crippen LogP contribution in [-0.2, 0) is 14.4 Å². The van der Waals surface area contributed by atoms with Crippen LogP contribution in [0, 0.1) is 0 Å². The molecule has 0 radical (unpaired) electrons. The SMILES string of the molecule is O=C(O)CCN1CCN(C2CC2)C(=O)C1=O. The summed E-state index contributed by atoms with van der Waals surface area (Å²) in [5.41, 5.74) is 0. The maximum atomic E-state index is 11.6. The van der Waals surface area contributed by atoms with Crippen LogP contribution in [-0.4, -0.2) is 58.4 Å². The molecule has 0 aromatic rings. The summed E-state index contributed by atoms with van der Waals surface area (Å²) in [5.74, 6) is -1.98. The zero-order chi connectivity index (χ0) is 11.7.